The molecule has 2 aromatic heterocycles. The van der Waals surface area contributed by atoms with E-state index < -0.39 is 0 Å². The van der Waals surface area contributed by atoms with Gasteiger partial charge in [-0.3, -0.25) is 0 Å². The van der Waals surface area contributed by atoms with Crippen LogP contribution in [0.2, 0.25) is 0 Å². The normalized spacial score (nSPS) is 11.2. The first-order valence-corrected chi connectivity index (χ1v) is 9.49. The van der Waals surface area contributed by atoms with Crippen LogP contribution in [0.1, 0.15) is 5.69 Å². The largest absolute Gasteiger partial charge is 0.343 e. The van der Waals surface area contributed by atoms with Crippen molar-refractivity contribution in [1.82, 2.24) is 14.3 Å². The summed E-state index contributed by atoms with van der Waals surface area (Å²) >= 11 is 0. The Labute approximate surface area is 164 Å². The fourth-order valence-electron chi connectivity index (χ4n) is 4.03. The Balaban J connectivity index is 1.89. The van der Waals surface area contributed by atoms with Crippen molar-refractivity contribution in [2.45, 2.75) is 6.92 Å². The van der Waals surface area contributed by atoms with E-state index in [1.807, 2.05) is 6.07 Å². The van der Waals surface area contributed by atoms with E-state index in [-0.39, 0.29) is 0 Å². The van der Waals surface area contributed by atoms with E-state index in [4.69, 9.17) is 5.10 Å². The Morgan fingerprint density at radius 2 is 1.39 bits per heavy atom. The van der Waals surface area contributed by atoms with Crippen LogP contribution in [0.3, 0.4) is 0 Å². The van der Waals surface area contributed by atoms with Gasteiger partial charge in [0.25, 0.3) is 0 Å². The molecule has 0 amide bonds. The van der Waals surface area contributed by atoms with Gasteiger partial charge in [-0.15, -0.1) is 0 Å². The van der Waals surface area contributed by atoms with E-state index in [0.717, 1.165) is 17.1 Å². The van der Waals surface area contributed by atoms with Crippen LogP contribution in [0.15, 0.2) is 91.0 Å². The summed E-state index contributed by atoms with van der Waals surface area (Å²) in [7, 11) is 2.14. The molecular weight excluding hydrogens is 342 g/mol. The molecule has 0 aliphatic heterocycles. The molecule has 0 fully saturated rings. The zero-order valence-corrected chi connectivity index (χ0v) is 16.0. The molecule has 2 heterocycles. The SMILES string of the molecule is Cc1cc(-c2c(-c3ccccc3)n(C)c3ccccc23)n(-c2ccccc2)n1. The van der Waals surface area contributed by atoms with E-state index in [1.165, 1.54) is 27.7 Å². The van der Waals surface area contributed by atoms with Crippen molar-refractivity contribution >= 4 is 10.9 Å². The Bertz CT molecular complexity index is 1260. The van der Waals surface area contributed by atoms with Gasteiger partial charge < -0.3 is 4.57 Å². The molecule has 0 N–H and O–H groups in total. The molecule has 0 saturated carbocycles. The molecule has 3 aromatic carbocycles. The van der Waals surface area contributed by atoms with Gasteiger partial charge in [-0.05, 0) is 36.8 Å². The number of aryl methyl sites for hydroxylation is 2. The first-order valence-electron chi connectivity index (χ1n) is 9.49. The number of nitrogens with zero attached hydrogens (tertiary/aromatic N) is 3. The molecule has 3 heteroatoms. The lowest BCUT2D eigenvalue weighted by molar-refractivity contribution is 0.869. The second-order valence-electron chi connectivity index (χ2n) is 7.08. The Morgan fingerprint density at radius 3 is 2.14 bits per heavy atom. The van der Waals surface area contributed by atoms with Gasteiger partial charge >= 0.3 is 0 Å². The number of hydrogen-bond donors (Lipinski definition) is 0. The summed E-state index contributed by atoms with van der Waals surface area (Å²) in [4.78, 5) is 0. The van der Waals surface area contributed by atoms with Gasteiger partial charge in [-0.25, -0.2) is 4.68 Å². The summed E-state index contributed by atoms with van der Waals surface area (Å²) in [6.45, 7) is 2.05. The van der Waals surface area contributed by atoms with E-state index in [2.05, 4.69) is 108 Å². The third kappa shape index (κ3) is 2.55. The minimum Gasteiger partial charge on any atom is -0.343 e. The standard InChI is InChI=1S/C25H21N3/c1-18-17-23(28(26-18)20-13-7-4-8-14-20)24-21-15-9-10-16-22(21)27(2)25(24)19-11-5-3-6-12-19/h3-17H,1-2H3. The molecular formula is C25H21N3. The maximum Gasteiger partial charge on any atom is 0.0771 e. The summed E-state index contributed by atoms with van der Waals surface area (Å²) in [5, 5.41) is 6.05. The van der Waals surface area contributed by atoms with Crippen molar-refractivity contribution in [1.29, 1.82) is 0 Å². The summed E-state index contributed by atoms with van der Waals surface area (Å²) < 4.78 is 4.35. The second kappa shape index (κ2) is 6.54. The molecule has 5 rings (SSSR count). The average molecular weight is 363 g/mol. The van der Waals surface area contributed by atoms with E-state index in [1.54, 1.807) is 0 Å². The van der Waals surface area contributed by atoms with Crippen LogP contribution >= 0.6 is 0 Å². The van der Waals surface area contributed by atoms with Gasteiger partial charge in [0.2, 0.25) is 0 Å². The quantitative estimate of drug-likeness (QED) is 0.385. The van der Waals surface area contributed by atoms with Crippen molar-refractivity contribution in [2.24, 2.45) is 7.05 Å². The van der Waals surface area contributed by atoms with Crippen LogP contribution in [0.25, 0.3) is 39.1 Å². The zero-order valence-electron chi connectivity index (χ0n) is 16.0. The van der Waals surface area contributed by atoms with Crippen molar-refractivity contribution < 1.29 is 0 Å². The molecule has 0 aliphatic carbocycles. The molecule has 5 aromatic rings. The Hall–Kier alpha value is -3.59. The number of para-hydroxylation sites is 2. The maximum atomic E-state index is 4.82. The first-order chi connectivity index (χ1) is 13.7. The van der Waals surface area contributed by atoms with E-state index in [0.29, 0.717) is 0 Å². The number of benzene rings is 3. The second-order valence-corrected chi connectivity index (χ2v) is 7.08. The van der Waals surface area contributed by atoms with Gasteiger partial charge in [0.05, 0.1) is 22.8 Å². The predicted molar refractivity (Wildman–Crippen MR) is 116 cm³/mol. The average Bonchev–Trinajstić information content (AvgIpc) is 3.27. The topological polar surface area (TPSA) is 22.8 Å². The predicted octanol–water partition coefficient (Wildman–Crippen LogP) is 6.01. The highest BCUT2D eigenvalue weighted by Gasteiger charge is 2.21. The molecule has 0 atom stereocenters. The molecule has 0 bridgehead atoms. The smallest absolute Gasteiger partial charge is 0.0771 e. The summed E-state index contributed by atoms with van der Waals surface area (Å²) in [5.41, 5.74) is 8.03. The molecule has 28 heavy (non-hydrogen) atoms. The highest BCUT2D eigenvalue weighted by molar-refractivity contribution is 6.04. The van der Waals surface area contributed by atoms with Crippen molar-refractivity contribution in [3.05, 3.63) is 96.7 Å². The Kier molecular flexibility index (Phi) is 3.87. The third-order valence-electron chi connectivity index (χ3n) is 5.24. The lowest BCUT2D eigenvalue weighted by Gasteiger charge is -2.11. The summed E-state index contributed by atoms with van der Waals surface area (Å²) in [6.07, 6.45) is 0. The van der Waals surface area contributed by atoms with Crippen LogP contribution in [0.5, 0.6) is 0 Å². The lowest BCUT2D eigenvalue weighted by Crippen LogP contribution is -2.00. The number of hydrogen-bond acceptors (Lipinski definition) is 1. The van der Waals surface area contributed by atoms with Gasteiger partial charge in [0.15, 0.2) is 0 Å². The monoisotopic (exact) mass is 363 g/mol. The molecule has 0 radical (unpaired) electrons. The maximum absolute atomic E-state index is 4.82. The fourth-order valence-corrected chi connectivity index (χ4v) is 4.03. The molecule has 136 valence electrons. The lowest BCUT2D eigenvalue weighted by atomic mass is 10.0. The summed E-state index contributed by atoms with van der Waals surface area (Å²) in [6, 6.07) is 31.7. The van der Waals surface area contributed by atoms with Gasteiger partial charge in [0, 0.05) is 23.5 Å². The van der Waals surface area contributed by atoms with Gasteiger partial charge in [0.1, 0.15) is 0 Å². The van der Waals surface area contributed by atoms with Crippen molar-refractivity contribution in [3.8, 4) is 28.2 Å². The molecule has 0 saturated heterocycles. The van der Waals surface area contributed by atoms with Crippen LogP contribution in [0, 0.1) is 6.92 Å². The van der Waals surface area contributed by atoms with Crippen LogP contribution in [-0.4, -0.2) is 14.3 Å². The number of aromatic nitrogens is 3. The molecule has 0 unspecified atom stereocenters. The van der Waals surface area contributed by atoms with Crippen molar-refractivity contribution in [2.75, 3.05) is 0 Å². The van der Waals surface area contributed by atoms with Gasteiger partial charge in [-0.2, -0.15) is 5.10 Å². The zero-order chi connectivity index (χ0) is 19.1. The summed E-state index contributed by atoms with van der Waals surface area (Å²) in [5.74, 6) is 0. The highest BCUT2D eigenvalue weighted by Crippen LogP contribution is 2.41. The van der Waals surface area contributed by atoms with Crippen LogP contribution in [0.4, 0.5) is 0 Å². The third-order valence-corrected chi connectivity index (χ3v) is 5.24. The fraction of sp³-hybridized carbons (Fsp3) is 0.0800. The molecule has 0 spiro atoms. The minimum atomic E-state index is 1.01. The number of rotatable bonds is 3. The number of fused-ring (bicyclic) bond motifs is 1. The van der Waals surface area contributed by atoms with Crippen LogP contribution in [-0.2, 0) is 7.05 Å². The molecule has 3 nitrogen and oxygen atoms in total. The van der Waals surface area contributed by atoms with E-state index >= 15 is 0 Å². The Morgan fingerprint density at radius 1 is 0.750 bits per heavy atom. The van der Waals surface area contributed by atoms with E-state index in [9.17, 15) is 0 Å². The minimum absolute atomic E-state index is 1.01. The van der Waals surface area contributed by atoms with Crippen LogP contribution < -0.4 is 0 Å². The first kappa shape index (κ1) is 16.6. The van der Waals surface area contributed by atoms with Gasteiger partial charge in [-0.1, -0.05) is 66.7 Å². The highest BCUT2D eigenvalue weighted by atomic mass is 15.3. The van der Waals surface area contributed by atoms with Crippen molar-refractivity contribution in [3.63, 3.8) is 0 Å². The molecule has 0 aliphatic rings.